The van der Waals surface area contributed by atoms with E-state index in [4.69, 9.17) is 0 Å². The fourth-order valence-corrected chi connectivity index (χ4v) is 2.89. The number of likely N-dealkylation sites (N-methyl/N-ethyl adjacent to an activating group) is 1. The van der Waals surface area contributed by atoms with Gasteiger partial charge in [0.25, 0.3) is 0 Å². The third-order valence-electron chi connectivity index (χ3n) is 4.26. The zero-order valence-corrected chi connectivity index (χ0v) is 14.4. The fourth-order valence-electron chi connectivity index (χ4n) is 2.89. The maximum atomic E-state index is 4.52. The van der Waals surface area contributed by atoms with Crippen molar-refractivity contribution in [3.05, 3.63) is 18.2 Å². The number of nitrogens with zero attached hydrogens (tertiary/aromatic N) is 2. The van der Waals surface area contributed by atoms with Crippen LogP contribution in [0.25, 0.3) is 0 Å². The summed E-state index contributed by atoms with van der Waals surface area (Å²) in [5.41, 5.74) is 0. The van der Waals surface area contributed by atoms with Gasteiger partial charge in [0.15, 0.2) is 0 Å². The molecule has 0 bridgehead atoms. The minimum atomic E-state index is 0.568. The van der Waals surface area contributed by atoms with Crippen molar-refractivity contribution in [3.63, 3.8) is 0 Å². The smallest absolute Gasteiger partial charge is 0.110 e. The zero-order valence-electron chi connectivity index (χ0n) is 14.4. The molecule has 0 saturated heterocycles. The Morgan fingerprint density at radius 1 is 1.05 bits per heavy atom. The van der Waals surface area contributed by atoms with Crippen LogP contribution in [0.3, 0.4) is 0 Å². The van der Waals surface area contributed by atoms with Gasteiger partial charge >= 0.3 is 0 Å². The van der Waals surface area contributed by atoms with Crippen LogP contribution in [0.15, 0.2) is 12.4 Å². The first-order chi connectivity index (χ1) is 10.3. The Morgan fingerprint density at radius 3 is 2.43 bits per heavy atom. The van der Waals surface area contributed by atoms with E-state index in [0.29, 0.717) is 6.04 Å². The first-order valence-electron chi connectivity index (χ1n) is 8.99. The normalized spacial score (nSPS) is 12.7. The van der Waals surface area contributed by atoms with Crippen LogP contribution in [0.2, 0.25) is 0 Å². The zero-order chi connectivity index (χ0) is 15.3. The van der Waals surface area contributed by atoms with Crippen LogP contribution in [0, 0.1) is 0 Å². The predicted octanol–water partition coefficient (Wildman–Crippen LogP) is 4.56. The highest BCUT2D eigenvalue weighted by atomic mass is 15.1. The molecular formula is C18H35N3. The minimum Gasteiger partial charge on any atom is -0.335 e. The molecule has 1 aromatic rings. The Morgan fingerprint density at radius 2 is 1.76 bits per heavy atom. The SMILES string of the molecule is CCCCCCCCCC(Cc1nccn1CCC)NC. The summed E-state index contributed by atoms with van der Waals surface area (Å²) in [6.07, 6.45) is 17.2. The number of unbranched alkanes of at least 4 members (excludes halogenated alkanes) is 6. The highest BCUT2D eigenvalue weighted by molar-refractivity contribution is 4.95. The third-order valence-corrected chi connectivity index (χ3v) is 4.26. The highest BCUT2D eigenvalue weighted by Crippen LogP contribution is 2.12. The van der Waals surface area contributed by atoms with Gasteiger partial charge in [-0.1, -0.05) is 58.8 Å². The molecule has 3 nitrogen and oxygen atoms in total. The Kier molecular flexibility index (Phi) is 10.2. The molecule has 3 heteroatoms. The molecular weight excluding hydrogens is 258 g/mol. The van der Waals surface area contributed by atoms with Crippen LogP contribution in [-0.4, -0.2) is 22.6 Å². The molecule has 1 rings (SSSR count). The van der Waals surface area contributed by atoms with Crippen molar-refractivity contribution in [3.8, 4) is 0 Å². The molecule has 0 amide bonds. The molecule has 0 aliphatic rings. The Bertz CT molecular complexity index is 346. The molecule has 1 atom stereocenters. The topological polar surface area (TPSA) is 29.9 Å². The number of rotatable bonds is 13. The Labute approximate surface area is 131 Å². The second-order valence-corrected chi connectivity index (χ2v) is 6.14. The van der Waals surface area contributed by atoms with Gasteiger partial charge in [0.05, 0.1) is 0 Å². The van der Waals surface area contributed by atoms with Gasteiger partial charge in [-0.3, -0.25) is 0 Å². The largest absolute Gasteiger partial charge is 0.335 e. The molecule has 122 valence electrons. The summed E-state index contributed by atoms with van der Waals surface area (Å²) in [7, 11) is 2.08. The van der Waals surface area contributed by atoms with E-state index in [2.05, 4.69) is 42.0 Å². The van der Waals surface area contributed by atoms with Crippen molar-refractivity contribution >= 4 is 0 Å². The van der Waals surface area contributed by atoms with Gasteiger partial charge in [-0.15, -0.1) is 0 Å². The van der Waals surface area contributed by atoms with E-state index in [-0.39, 0.29) is 0 Å². The number of hydrogen-bond acceptors (Lipinski definition) is 2. The van der Waals surface area contributed by atoms with Gasteiger partial charge in [0, 0.05) is 31.4 Å². The lowest BCUT2D eigenvalue weighted by molar-refractivity contribution is 0.462. The Hall–Kier alpha value is -0.830. The summed E-state index contributed by atoms with van der Waals surface area (Å²) in [6, 6.07) is 0.568. The molecule has 0 aliphatic carbocycles. The molecule has 0 spiro atoms. The number of aryl methyl sites for hydroxylation is 1. The summed E-state index contributed by atoms with van der Waals surface area (Å²) >= 11 is 0. The van der Waals surface area contributed by atoms with Crippen molar-refractivity contribution in [2.24, 2.45) is 0 Å². The first-order valence-corrected chi connectivity index (χ1v) is 8.99. The molecule has 1 heterocycles. The highest BCUT2D eigenvalue weighted by Gasteiger charge is 2.11. The number of imidazole rings is 1. The van der Waals surface area contributed by atoms with Crippen molar-refractivity contribution in [1.82, 2.24) is 14.9 Å². The van der Waals surface area contributed by atoms with E-state index in [1.165, 1.54) is 63.6 Å². The van der Waals surface area contributed by atoms with Crippen molar-refractivity contribution in [2.45, 2.75) is 90.6 Å². The lowest BCUT2D eigenvalue weighted by Crippen LogP contribution is -2.28. The van der Waals surface area contributed by atoms with Crippen LogP contribution in [0.1, 0.15) is 77.5 Å². The molecule has 1 N–H and O–H groups in total. The number of nitrogens with one attached hydrogen (secondary N) is 1. The molecule has 1 aromatic heterocycles. The average Bonchev–Trinajstić information content (AvgIpc) is 2.92. The van der Waals surface area contributed by atoms with Gasteiger partial charge in [-0.2, -0.15) is 0 Å². The summed E-state index contributed by atoms with van der Waals surface area (Å²) in [5, 5.41) is 3.47. The lowest BCUT2D eigenvalue weighted by Gasteiger charge is -2.16. The standard InChI is InChI=1S/C18H35N3/c1-4-6-7-8-9-10-11-12-17(19-3)16-18-20-13-15-21(18)14-5-2/h13,15,17,19H,4-12,14,16H2,1-3H3. The van der Waals surface area contributed by atoms with Crippen LogP contribution in [0.5, 0.6) is 0 Å². The van der Waals surface area contributed by atoms with Crippen molar-refractivity contribution in [2.75, 3.05) is 7.05 Å². The number of aromatic nitrogens is 2. The molecule has 0 saturated carbocycles. The van der Waals surface area contributed by atoms with E-state index >= 15 is 0 Å². The summed E-state index contributed by atoms with van der Waals surface area (Å²) in [6.45, 7) is 5.58. The van der Waals surface area contributed by atoms with Crippen LogP contribution < -0.4 is 5.32 Å². The summed E-state index contributed by atoms with van der Waals surface area (Å²) < 4.78 is 2.30. The third kappa shape index (κ3) is 7.66. The second kappa shape index (κ2) is 11.8. The van der Waals surface area contributed by atoms with Gasteiger partial charge in [-0.25, -0.2) is 4.98 Å². The fraction of sp³-hybridized carbons (Fsp3) is 0.833. The van der Waals surface area contributed by atoms with Gasteiger partial charge < -0.3 is 9.88 Å². The van der Waals surface area contributed by atoms with E-state index < -0.39 is 0 Å². The maximum absolute atomic E-state index is 4.52. The van der Waals surface area contributed by atoms with Crippen molar-refractivity contribution < 1.29 is 0 Å². The number of hydrogen-bond donors (Lipinski definition) is 1. The molecule has 0 fully saturated rings. The van der Waals surface area contributed by atoms with Crippen LogP contribution in [-0.2, 0) is 13.0 Å². The first kappa shape index (κ1) is 18.2. The van der Waals surface area contributed by atoms with Crippen LogP contribution >= 0.6 is 0 Å². The monoisotopic (exact) mass is 293 g/mol. The van der Waals surface area contributed by atoms with Crippen LogP contribution in [0.4, 0.5) is 0 Å². The summed E-state index contributed by atoms with van der Waals surface area (Å²) in [4.78, 5) is 4.52. The van der Waals surface area contributed by atoms with Crippen molar-refractivity contribution in [1.29, 1.82) is 0 Å². The summed E-state index contributed by atoms with van der Waals surface area (Å²) in [5.74, 6) is 1.24. The molecule has 0 radical (unpaired) electrons. The quantitative estimate of drug-likeness (QED) is 0.540. The van der Waals surface area contributed by atoms with E-state index in [9.17, 15) is 0 Å². The van der Waals surface area contributed by atoms with Gasteiger partial charge in [0.1, 0.15) is 5.82 Å². The second-order valence-electron chi connectivity index (χ2n) is 6.14. The van der Waals surface area contributed by atoms with E-state index in [0.717, 1.165) is 13.0 Å². The van der Waals surface area contributed by atoms with Gasteiger partial charge in [-0.05, 0) is 19.9 Å². The molecule has 21 heavy (non-hydrogen) atoms. The maximum Gasteiger partial charge on any atom is 0.110 e. The average molecular weight is 293 g/mol. The minimum absolute atomic E-state index is 0.568. The molecule has 1 unspecified atom stereocenters. The molecule has 0 aromatic carbocycles. The van der Waals surface area contributed by atoms with E-state index in [1.54, 1.807) is 0 Å². The van der Waals surface area contributed by atoms with Gasteiger partial charge in [0.2, 0.25) is 0 Å². The predicted molar refractivity (Wildman–Crippen MR) is 91.7 cm³/mol. The molecule has 0 aliphatic heterocycles. The van der Waals surface area contributed by atoms with E-state index in [1.807, 2.05) is 6.20 Å². The lowest BCUT2D eigenvalue weighted by atomic mass is 10.0. The Balaban J connectivity index is 2.20.